The zero-order valence-corrected chi connectivity index (χ0v) is 12.6. The summed E-state index contributed by atoms with van der Waals surface area (Å²) in [6.45, 7) is 8.01. The molecule has 0 saturated heterocycles. The molecular weight excluding hydrogens is 262 g/mol. The first kappa shape index (κ1) is 14.4. The number of anilines is 1. The van der Waals surface area contributed by atoms with Gasteiger partial charge in [0, 0.05) is 5.56 Å². The molecule has 1 aliphatic rings. The smallest absolute Gasteiger partial charge is 0.244 e. The minimum atomic E-state index is -0.663. The number of fused-ring (bicyclic) bond motifs is 1. The van der Waals surface area contributed by atoms with Gasteiger partial charge in [-0.1, -0.05) is 25.1 Å². The highest BCUT2D eigenvalue weighted by Gasteiger charge is 2.47. The molecular formula is C15H20ClNO2. The lowest BCUT2D eigenvalue weighted by atomic mass is 9.90. The van der Waals surface area contributed by atoms with Gasteiger partial charge in [0.2, 0.25) is 5.91 Å². The number of rotatable bonds is 2. The largest absolute Gasteiger partial charge is 0.345 e. The number of alkyl halides is 1. The van der Waals surface area contributed by atoms with Crippen molar-refractivity contribution in [3.63, 3.8) is 0 Å². The van der Waals surface area contributed by atoms with Gasteiger partial charge in [-0.15, -0.1) is 11.6 Å². The molecule has 0 aliphatic carbocycles. The van der Waals surface area contributed by atoms with E-state index in [1.165, 1.54) is 0 Å². The third-order valence-corrected chi connectivity index (χ3v) is 3.99. The molecule has 1 heterocycles. The summed E-state index contributed by atoms with van der Waals surface area (Å²) in [6.07, 6.45) is 0.702. The van der Waals surface area contributed by atoms with Gasteiger partial charge in [-0.2, -0.15) is 0 Å². The Labute approximate surface area is 119 Å². The zero-order valence-electron chi connectivity index (χ0n) is 11.9. The van der Waals surface area contributed by atoms with E-state index in [-0.39, 0.29) is 11.8 Å². The molecule has 1 amide bonds. The fraction of sp³-hybridized carbons (Fsp3) is 0.533. The van der Waals surface area contributed by atoms with E-state index >= 15 is 0 Å². The van der Waals surface area contributed by atoms with Crippen LogP contribution in [0.3, 0.4) is 0 Å². The van der Waals surface area contributed by atoms with Crippen molar-refractivity contribution in [1.29, 1.82) is 0 Å². The van der Waals surface area contributed by atoms with E-state index in [0.29, 0.717) is 6.42 Å². The van der Waals surface area contributed by atoms with Gasteiger partial charge in [-0.25, -0.2) is 0 Å². The van der Waals surface area contributed by atoms with E-state index in [1.54, 1.807) is 4.90 Å². The second-order valence-electron chi connectivity index (χ2n) is 5.52. The lowest BCUT2D eigenvalue weighted by Gasteiger charge is -2.51. The predicted molar refractivity (Wildman–Crippen MR) is 77.5 cm³/mol. The van der Waals surface area contributed by atoms with Gasteiger partial charge in [0.25, 0.3) is 0 Å². The fourth-order valence-electron chi connectivity index (χ4n) is 2.77. The quantitative estimate of drug-likeness (QED) is 0.775. The highest BCUT2D eigenvalue weighted by atomic mass is 35.5. The first-order chi connectivity index (χ1) is 8.85. The van der Waals surface area contributed by atoms with Crippen LogP contribution in [0.2, 0.25) is 0 Å². The Hall–Kier alpha value is -1.06. The number of hydrogen-bond donors (Lipinski definition) is 0. The first-order valence-electron chi connectivity index (χ1n) is 6.54. The number of para-hydroxylation sites is 1. The van der Waals surface area contributed by atoms with Crippen LogP contribution in [0.25, 0.3) is 0 Å². The average molecular weight is 282 g/mol. The normalized spacial score (nSPS) is 25.0. The van der Waals surface area contributed by atoms with Crippen LogP contribution >= 0.6 is 11.6 Å². The molecule has 0 spiro atoms. The highest BCUT2D eigenvalue weighted by Crippen LogP contribution is 2.45. The molecule has 2 rings (SSSR count). The molecule has 3 nitrogen and oxygen atoms in total. The summed E-state index contributed by atoms with van der Waals surface area (Å²) in [5, 5.41) is 0. The number of benzene rings is 1. The van der Waals surface area contributed by atoms with E-state index in [4.69, 9.17) is 16.3 Å². The lowest BCUT2D eigenvalue weighted by Crippen LogP contribution is -2.58. The standard InChI is InChI=1S/C15H20ClNO2/c1-5-15(4)17(13(18)10-16)12-9-7-6-8-11(12)14(2,3)19-15/h6-9H,5,10H2,1-4H3. The van der Waals surface area contributed by atoms with E-state index < -0.39 is 11.3 Å². The van der Waals surface area contributed by atoms with Gasteiger partial charge in [-0.3, -0.25) is 9.69 Å². The molecule has 1 aromatic carbocycles. The molecule has 104 valence electrons. The Morgan fingerprint density at radius 2 is 1.95 bits per heavy atom. The minimum Gasteiger partial charge on any atom is -0.345 e. The van der Waals surface area contributed by atoms with Crippen LogP contribution in [0.15, 0.2) is 24.3 Å². The summed E-state index contributed by atoms with van der Waals surface area (Å²) in [7, 11) is 0. The molecule has 19 heavy (non-hydrogen) atoms. The van der Waals surface area contributed by atoms with Crippen molar-refractivity contribution in [2.45, 2.75) is 45.4 Å². The Morgan fingerprint density at radius 3 is 2.53 bits per heavy atom. The van der Waals surface area contributed by atoms with E-state index in [0.717, 1.165) is 11.3 Å². The highest BCUT2D eigenvalue weighted by molar-refractivity contribution is 6.29. The van der Waals surface area contributed by atoms with Crippen LogP contribution in [0.1, 0.15) is 39.7 Å². The van der Waals surface area contributed by atoms with Crippen LogP contribution < -0.4 is 4.90 Å². The number of carbonyl (C=O) groups excluding carboxylic acids is 1. The van der Waals surface area contributed by atoms with Crippen molar-refractivity contribution in [3.05, 3.63) is 29.8 Å². The predicted octanol–water partition coefficient (Wildman–Crippen LogP) is 3.65. The van der Waals surface area contributed by atoms with Crippen molar-refractivity contribution in [2.75, 3.05) is 10.8 Å². The van der Waals surface area contributed by atoms with E-state index in [2.05, 4.69) is 0 Å². The van der Waals surface area contributed by atoms with E-state index in [9.17, 15) is 4.79 Å². The number of ether oxygens (including phenoxy) is 1. The number of nitrogens with zero attached hydrogens (tertiary/aromatic N) is 1. The average Bonchev–Trinajstić information content (AvgIpc) is 2.37. The maximum atomic E-state index is 12.2. The number of carbonyl (C=O) groups is 1. The summed E-state index contributed by atoms with van der Waals surface area (Å²) in [4.78, 5) is 13.9. The lowest BCUT2D eigenvalue weighted by molar-refractivity contribution is -0.156. The molecule has 0 aromatic heterocycles. The molecule has 0 bridgehead atoms. The van der Waals surface area contributed by atoms with Crippen molar-refractivity contribution in [3.8, 4) is 0 Å². The fourth-order valence-corrected chi connectivity index (χ4v) is 2.89. The zero-order chi connectivity index (χ0) is 14.3. The number of hydrogen-bond acceptors (Lipinski definition) is 2. The van der Waals surface area contributed by atoms with Crippen molar-refractivity contribution in [2.24, 2.45) is 0 Å². The number of amides is 1. The second kappa shape index (κ2) is 4.80. The molecule has 0 saturated carbocycles. The van der Waals surface area contributed by atoms with Gasteiger partial charge < -0.3 is 4.74 Å². The van der Waals surface area contributed by atoms with Crippen LogP contribution in [0.4, 0.5) is 5.69 Å². The maximum Gasteiger partial charge on any atom is 0.244 e. The van der Waals surface area contributed by atoms with Crippen molar-refractivity contribution in [1.82, 2.24) is 0 Å². The summed E-state index contributed by atoms with van der Waals surface area (Å²) >= 11 is 5.76. The van der Waals surface area contributed by atoms with Crippen molar-refractivity contribution < 1.29 is 9.53 Å². The van der Waals surface area contributed by atoms with Crippen molar-refractivity contribution >= 4 is 23.2 Å². The second-order valence-corrected chi connectivity index (χ2v) is 5.79. The monoisotopic (exact) mass is 281 g/mol. The third-order valence-electron chi connectivity index (χ3n) is 3.76. The van der Waals surface area contributed by atoms with Crippen LogP contribution in [0.5, 0.6) is 0 Å². The van der Waals surface area contributed by atoms with Gasteiger partial charge in [0.1, 0.15) is 11.6 Å². The summed E-state index contributed by atoms with van der Waals surface area (Å²) in [6, 6.07) is 7.85. The van der Waals surface area contributed by atoms with Crippen LogP contribution in [0, 0.1) is 0 Å². The van der Waals surface area contributed by atoms with E-state index in [1.807, 2.05) is 52.0 Å². The van der Waals surface area contributed by atoms with Crippen LogP contribution in [-0.4, -0.2) is 17.5 Å². The Morgan fingerprint density at radius 1 is 1.32 bits per heavy atom. The van der Waals surface area contributed by atoms with Gasteiger partial charge in [0.15, 0.2) is 0 Å². The molecule has 1 atom stereocenters. The number of halogens is 1. The van der Waals surface area contributed by atoms with Gasteiger partial charge in [0.05, 0.1) is 11.3 Å². The summed E-state index contributed by atoms with van der Waals surface area (Å²) < 4.78 is 6.22. The van der Waals surface area contributed by atoms with Crippen LogP contribution in [-0.2, 0) is 15.1 Å². The summed E-state index contributed by atoms with van der Waals surface area (Å²) in [5.74, 6) is -0.178. The Bertz CT molecular complexity index is 501. The SMILES string of the molecule is CCC1(C)OC(C)(C)c2ccccc2N1C(=O)CCl. The molecule has 1 unspecified atom stereocenters. The maximum absolute atomic E-state index is 12.2. The summed E-state index contributed by atoms with van der Waals surface area (Å²) in [5.41, 5.74) is 0.821. The molecule has 1 aromatic rings. The van der Waals surface area contributed by atoms with Gasteiger partial charge >= 0.3 is 0 Å². The Kier molecular flexibility index (Phi) is 3.63. The third kappa shape index (κ3) is 2.26. The minimum absolute atomic E-state index is 0.0479. The molecule has 0 fully saturated rings. The Balaban J connectivity index is 2.64. The van der Waals surface area contributed by atoms with Gasteiger partial charge in [-0.05, 0) is 33.3 Å². The molecule has 1 aliphatic heterocycles. The topological polar surface area (TPSA) is 29.5 Å². The molecule has 4 heteroatoms. The molecule has 0 N–H and O–H groups in total. The first-order valence-corrected chi connectivity index (χ1v) is 7.08. The molecule has 0 radical (unpaired) electrons.